The van der Waals surface area contributed by atoms with E-state index in [9.17, 15) is 18.0 Å². The maximum atomic E-state index is 12.4. The number of amides is 1. The molecule has 0 saturated carbocycles. The molecule has 134 valence electrons. The second-order valence-corrected chi connectivity index (χ2v) is 7.90. The van der Waals surface area contributed by atoms with Gasteiger partial charge in [0.25, 0.3) is 5.91 Å². The maximum Gasteiger partial charge on any atom is 0.349 e. The van der Waals surface area contributed by atoms with Crippen LogP contribution in [0.5, 0.6) is 0 Å². The normalized spacial score (nSPS) is 11.7. The van der Waals surface area contributed by atoms with Crippen molar-refractivity contribution in [2.45, 2.75) is 4.90 Å². The molecule has 3 aromatic rings. The molecule has 0 aliphatic carbocycles. The summed E-state index contributed by atoms with van der Waals surface area (Å²) in [7, 11) is -0.681. The van der Waals surface area contributed by atoms with Crippen molar-refractivity contribution in [3.63, 3.8) is 0 Å². The van der Waals surface area contributed by atoms with Crippen LogP contribution in [0.2, 0.25) is 0 Å². The van der Waals surface area contributed by atoms with E-state index >= 15 is 0 Å². The Balaban J connectivity index is 1.87. The Kier molecular flexibility index (Phi) is 4.62. The molecule has 0 unspecified atom stereocenters. The predicted molar refractivity (Wildman–Crippen MR) is 97.8 cm³/mol. The number of nitrogens with one attached hydrogen (secondary N) is 1. The number of fused-ring (bicyclic) bond motifs is 1. The summed E-state index contributed by atoms with van der Waals surface area (Å²) in [4.78, 5) is 24.5. The van der Waals surface area contributed by atoms with Gasteiger partial charge in [-0.25, -0.2) is 17.5 Å². The monoisotopic (exact) mass is 372 g/mol. The minimum atomic E-state index is -3.55. The topological polar surface area (TPSA) is 96.7 Å². The molecule has 1 heterocycles. The smallest absolute Gasteiger partial charge is 0.349 e. The number of carbonyl (C=O) groups is 1. The highest BCUT2D eigenvalue weighted by Gasteiger charge is 2.18. The molecular formula is C18H16N2O5S. The van der Waals surface area contributed by atoms with Crippen molar-refractivity contribution in [1.82, 2.24) is 4.31 Å². The fourth-order valence-corrected chi connectivity index (χ4v) is 3.24. The van der Waals surface area contributed by atoms with E-state index in [0.29, 0.717) is 16.7 Å². The van der Waals surface area contributed by atoms with E-state index in [4.69, 9.17) is 4.42 Å². The molecule has 0 spiro atoms. The van der Waals surface area contributed by atoms with E-state index in [1.165, 1.54) is 44.4 Å². The van der Waals surface area contributed by atoms with Gasteiger partial charge in [-0.1, -0.05) is 18.2 Å². The number of carbonyl (C=O) groups excluding carboxylic acids is 1. The quantitative estimate of drug-likeness (QED) is 0.709. The lowest BCUT2D eigenvalue weighted by molar-refractivity contribution is 0.102. The zero-order valence-electron chi connectivity index (χ0n) is 14.1. The molecule has 0 atom stereocenters. The minimum Gasteiger partial charge on any atom is -0.422 e. The lowest BCUT2D eigenvalue weighted by atomic mass is 10.1. The Labute approximate surface area is 149 Å². The van der Waals surface area contributed by atoms with Gasteiger partial charge in [-0.3, -0.25) is 4.79 Å². The van der Waals surface area contributed by atoms with E-state index in [2.05, 4.69) is 5.32 Å². The number of hydrogen-bond acceptors (Lipinski definition) is 5. The average molecular weight is 372 g/mol. The molecule has 7 nitrogen and oxygen atoms in total. The third-order valence-electron chi connectivity index (χ3n) is 3.78. The molecule has 0 radical (unpaired) electrons. The third-order valence-corrected chi connectivity index (χ3v) is 5.61. The lowest BCUT2D eigenvalue weighted by Crippen LogP contribution is -2.22. The second-order valence-electron chi connectivity index (χ2n) is 5.75. The Morgan fingerprint density at radius 1 is 1.04 bits per heavy atom. The number of benzene rings is 2. The molecular weight excluding hydrogens is 356 g/mol. The molecule has 8 heteroatoms. The van der Waals surface area contributed by atoms with Crippen molar-refractivity contribution in [1.29, 1.82) is 0 Å². The van der Waals surface area contributed by atoms with Crippen molar-refractivity contribution in [3.05, 3.63) is 70.6 Å². The van der Waals surface area contributed by atoms with Gasteiger partial charge in [-0.2, -0.15) is 0 Å². The van der Waals surface area contributed by atoms with Gasteiger partial charge >= 0.3 is 5.63 Å². The highest BCUT2D eigenvalue weighted by molar-refractivity contribution is 7.89. The first kappa shape index (κ1) is 17.8. The fourth-order valence-electron chi connectivity index (χ4n) is 2.34. The van der Waals surface area contributed by atoms with Gasteiger partial charge in [-0.05, 0) is 36.4 Å². The van der Waals surface area contributed by atoms with Crippen LogP contribution in [-0.4, -0.2) is 32.7 Å². The van der Waals surface area contributed by atoms with Gasteiger partial charge in [0, 0.05) is 25.2 Å². The SMILES string of the molecule is CN(C)S(=O)(=O)c1ccc(NC(=O)c2cc3ccccc3oc2=O)cc1. The summed E-state index contributed by atoms with van der Waals surface area (Å²) in [6, 6.07) is 14.0. The summed E-state index contributed by atoms with van der Waals surface area (Å²) >= 11 is 0. The Morgan fingerprint density at radius 3 is 2.35 bits per heavy atom. The van der Waals surface area contributed by atoms with Crippen LogP contribution in [0, 0.1) is 0 Å². The predicted octanol–water partition coefficient (Wildman–Crippen LogP) is 2.30. The molecule has 0 aliphatic heterocycles. The summed E-state index contributed by atoms with van der Waals surface area (Å²) in [5.41, 5.74) is -0.116. The van der Waals surface area contributed by atoms with E-state index in [1.54, 1.807) is 24.3 Å². The van der Waals surface area contributed by atoms with Crippen LogP contribution >= 0.6 is 0 Å². The summed E-state index contributed by atoms with van der Waals surface area (Å²) in [6.07, 6.45) is 0. The first-order chi connectivity index (χ1) is 12.3. The van der Waals surface area contributed by atoms with E-state index in [-0.39, 0.29) is 10.5 Å². The van der Waals surface area contributed by atoms with Gasteiger partial charge in [0.1, 0.15) is 11.1 Å². The van der Waals surface area contributed by atoms with Crippen LogP contribution in [0.25, 0.3) is 11.0 Å². The Morgan fingerprint density at radius 2 is 1.69 bits per heavy atom. The summed E-state index contributed by atoms with van der Waals surface area (Å²) < 4.78 is 30.3. The molecule has 0 saturated heterocycles. The standard InChI is InChI=1S/C18H16N2O5S/c1-20(2)26(23,24)14-9-7-13(8-10-14)19-17(21)15-11-12-5-3-4-6-16(12)25-18(15)22/h3-11H,1-2H3,(H,19,21). The number of hydrogen-bond donors (Lipinski definition) is 1. The minimum absolute atomic E-state index is 0.103. The van der Waals surface area contributed by atoms with Crippen molar-refractivity contribution < 1.29 is 17.6 Å². The lowest BCUT2D eigenvalue weighted by Gasteiger charge is -2.12. The van der Waals surface area contributed by atoms with Crippen molar-refractivity contribution in [2.24, 2.45) is 0 Å². The zero-order valence-corrected chi connectivity index (χ0v) is 14.9. The zero-order chi connectivity index (χ0) is 18.9. The number of nitrogens with zero attached hydrogens (tertiary/aromatic N) is 1. The van der Waals surface area contributed by atoms with Crippen LogP contribution in [0.4, 0.5) is 5.69 Å². The van der Waals surface area contributed by atoms with Crippen LogP contribution in [0.15, 0.2) is 68.7 Å². The highest BCUT2D eigenvalue weighted by atomic mass is 32.2. The molecule has 2 aromatic carbocycles. The molecule has 1 aromatic heterocycles. The first-order valence-corrected chi connectivity index (χ1v) is 9.10. The number of sulfonamides is 1. The Hall–Kier alpha value is -2.97. The van der Waals surface area contributed by atoms with Gasteiger partial charge in [0.2, 0.25) is 10.0 Å². The van der Waals surface area contributed by atoms with Crippen LogP contribution < -0.4 is 10.9 Å². The van der Waals surface area contributed by atoms with E-state index < -0.39 is 21.6 Å². The van der Waals surface area contributed by atoms with Gasteiger partial charge in [0.15, 0.2) is 0 Å². The Bertz CT molecular complexity index is 1130. The average Bonchev–Trinajstić information content (AvgIpc) is 2.61. The van der Waals surface area contributed by atoms with Crippen molar-refractivity contribution in [3.8, 4) is 0 Å². The molecule has 0 aliphatic rings. The molecule has 1 N–H and O–H groups in total. The summed E-state index contributed by atoms with van der Waals surface area (Å²) in [5.74, 6) is -0.632. The highest BCUT2D eigenvalue weighted by Crippen LogP contribution is 2.18. The largest absolute Gasteiger partial charge is 0.422 e. The van der Waals surface area contributed by atoms with Gasteiger partial charge < -0.3 is 9.73 Å². The number of anilines is 1. The van der Waals surface area contributed by atoms with Crippen molar-refractivity contribution >= 4 is 32.6 Å². The maximum absolute atomic E-state index is 12.4. The molecule has 3 rings (SSSR count). The van der Waals surface area contributed by atoms with Gasteiger partial charge in [0.05, 0.1) is 4.90 Å². The fraction of sp³-hybridized carbons (Fsp3) is 0.111. The van der Waals surface area contributed by atoms with E-state index in [1.807, 2.05) is 0 Å². The molecule has 0 bridgehead atoms. The molecule has 1 amide bonds. The van der Waals surface area contributed by atoms with Gasteiger partial charge in [-0.15, -0.1) is 0 Å². The number of rotatable bonds is 4. The summed E-state index contributed by atoms with van der Waals surface area (Å²) in [5, 5.41) is 3.19. The molecule has 0 fully saturated rings. The second kappa shape index (κ2) is 6.74. The van der Waals surface area contributed by atoms with Crippen LogP contribution in [0.1, 0.15) is 10.4 Å². The van der Waals surface area contributed by atoms with Crippen LogP contribution in [-0.2, 0) is 10.0 Å². The molecule has 26 heavy (non-hydrogen) atoms. The van der Waals surface area contributed by atoms with Crippen LogP contribution in [0.3, 0.4) is 0 Å². The van der Waals surface area contributed by atoms with E-state index in [0.717, 1.165) is 4.31 Å². The summed E-state index contributed by atoms with van der Waals surface area (Å²) in [6.45, 7) is 0. The first-order valence-electron chi connectivity index (χ1n) is 7.66. The number of para-hydroxylation sites is 1. The van der Waals surface area contributed by atoms with Crippen molar-refractivity contribution in [2.75, 3.05) is 19.4 Å². The third kappa shape index (κ3) is 3.37.